The van der Waals surface area contributed by atoms with Gasteiger partial charge >= 0.3 is 11.0 Å². The van der Waals surface area contributed by atoms with E-state index in [9.17, 15) is 14.7 Å². The molecule has 0 saturated heterocycles. The van der Waals surface area contributed by atoms with Crippen LogP contribution < -0.4 is 10.6 Å². The van der Waals surface area contributed by atoms with E-state index in [4.69, 9.17) is 19.9 Å². The number of aromatic hydroxyl groups is 1. The maximum absolute atomic E-state index is 12.1. The second-order valence-corrected chi connectivity index (χ2v) is 7.99. The Morgan fingerprint density at radius 2 is 1.90 bits per heavy atom. The zero-order valence-corrected chi connectivity index (χ0v) is 17.5. The lowest BCUT2D eigenvalue weighted by atomic mass is 9.73. The minimum Gasteiger partial charge on any atom is -0.506 e. The van der Waals surface area contributed by atoms with Crippen molar-refractivity contribution in [3.8, 4) is 5.75 Å². The van der Waals surface area contributed by atoms with Crippen LogP contribution in [0, 0.1) is 0 Å². The molecular formula is C21H24N2O6S. The number of benzene rings is 2. The van der Waals surface area contributed by atoms with Crippen LogP contribution in [0.15, 0.2) is 47.3 Å². The van der Waals surface area contributed by atoms with Gasteiger partial charge in [0.2, 0.25) is 0 Å². The van der Waals surface area contributed by atoms with Crippen molar-refractivity contribution in [3.05, 3.63) is 63.3 Å². The SMILES string of the molecule is COC(CC(COC(N)=O)(Cc1ccccc1)c1ccc(O)c2[nH]c(=O)sc12)OC. The summed E-state index contributed by atoms with van der Waals surface area (Å²) < 4.78 is 16.8. The molecule has 4 N–H and O–H groups in total. The monoisotopic (exact) mass is 432 g/mol. The molecule has 9 heteroatoms. The number of hydrogen-bond acceptors (Lipinski definition) is 7. The third-order valence-electron chi connectivity index (χ3n) is 5.09. The van der Waals surface area contributed by atoms with Gasteiger partial charge in [0.05, 0.1) is 4.70 Å². The summed E-state index contributed by atoms with van der Waals surface area (Å²) in [6, 6.07) is 12.9. The highest BCUT2D eigenvalue weighted by Crippen LogP contribution is 2.41. The molecule has 1 aromatic heterocycles. The average molecular weight is 432 g/mol. The first-order chi connectivity index (χ1) is 14.4. The number of aromatic nitrogens is 1. The largest absolute Gasteiger partial charge is 0.506 e. The van der Waals surface area contributed by atoms with Crippen LogP contribution in [0.1, 0.15) is 17.5 Å². The van der Waals surface area contributed by atoms with Gasteiger partial charge in [-0.15, -0.1) is 0 Å². The van der Waals surface area contributed by atoms with Gasteiger partial charge in [-0.05, 0) is 23.6 Å². The number of amides is 1. The number of fused-ring (bicyclic) bond motifs is 1. The van der Waals surface area contributed by atoms with Gasteiger partial charge in [-0.2, -0.15) is 0 Å². The number of primary amides is 1. The molecule has 2 aromatic carbocycles. The fourth-order valence-corrected chi connectivity index (χ4v) is 4.67. The fraction of sp³-hybridized carbons (Fsp3) is 0.333. The Hall–Kier alpha value is -2.88. The molecule has 30 heavy (non-hydrogen) atoms. The molecule has 0 fully saturated rings. The van der Waals surface area contributed by atoms with E-state index in [1.807, 2.05) is 30.3 Å². The van der Waals surface area contributed by atoms with E-state index >= 15 is 0 Å². The van der Waals surface area contributed by atoms with Crippen LogP contribution in [0.4, 0.5) is 4.79 Å². The van der Waals surface area contributed by atoms with Gasteiger partial charge in [-0.1, -0.05) is 47.7 Å². The Labute approximate surface area is 177 Å². The molecule has 0 spiro atoms. The Morgan fingerprint density at radius 3 is 2.53 bits per heavy atom. The van der Waals surface area contributed by atoms with Crippen LogP contribution in [0.2, 0.25) is 0 Å². The zero-order chi connectivity index (χ0) is 21.7. The zero-order valence-electron chi connectivity index (χ0n) is 16.7. The van der Waals surface area contributed by atoms with E-state index < -0.39 is 17.8 Å². The molecule has 0 aliphatic carbocycles. The lowest BCUT2D eigenvalue weighted by Gasteiger charge is -2.36. The van der Waals surface area contributed by atoms with Crippen molar-refractivity contribution in [1.82, 2.24) is 4.98 Å². The smallest absolute Gasteiger partial charge is 0.404 e. The summed E-state index contributed by atoms with van der Waals surface area (Å²) in [5.74, 6) is -0.0356. The van der Waals surface area contributed by atoms with Gasteiger partial charge in [-0.3, -0.25) is 4.79 Å². The lowest BCUT2D eigenvalue weighted by molar-refractivity contribution is -0.120. The van der Waals surface area contributed by atoms with Crippen molar-refractivity contribution >= 4 is 27.6 Å². The first kappa shape index (κ1) is 21.8. The normalized spacial score (nSPS) is 13.4. The maximum Gasteiger partial charge on any atom is 0.404 e. The number of aromatic amines is 1. The van der Waals surface area contributed by atoms with Crippen molar-refractivity contribution in [1.29, 1.82) is 0 Å². The minimum atomic E-state index is -0.906. The van der Waals surface area contributed by atoms with Crippen LogP contribution in [0.25, 0.3) is 10.2 Å². The summed E-state index contributed by atoms with van der Waals surface area (Å²) in [5.41, 5.74) is 6.50. The molecule has 1 heterocycles. The predicted molar refractivity (Wildman–Crippen MR) is 114 cm³/mol. The van der Waals surface area contributed by atoms with Gasteiger partial charge in [-0.25, -0.2) is 4.79 Å². The van der Waals surface area contributed by atoms with E-state index in [0.29, 0.717) is 23.1 Å². The van der Waals surface area contributed by atoms with E-state index in [2.05, 4.69) is 4.98 Å². The summed E-state index contributed by atoms with van der Waals surface area (Å²) in [6.45, 7) is -0.0631. The molecule has 8 nitrogen and oxygen atoms in total. The summed E-state index contributed by atoms with van der Waals surface area (Å²) >= 11 is 0.982. The molecular weight excluding hydrogens is 408 g/mol. The first-order valence-electron chi connectivity index (χ1n) is 9.25. The van der Waals surface area contributed by atoms with Crippen molar-refractivity contribution < 1.29 is 24.1 Å². The molecule has 3 rings (SSSR count). The highest BCUT2D eigenvalue weighted by molar-refractivity contribution is 7.16. The number of ether oxygens (including phenoxy) is 3. The van der Waals surface area contributed by atoms with Crippen molar-refractivity contribution in [2.24, 2.45) is 5.73 Å². The van der Waals surface area contributed by atoms with Gasteiger partial charge < -0.3 is 30.0 Å². The van der Waals surface area contributed by atoms with Crippen molar-refractivity contribution in [2.45, 2.75) is 24.5 Å². The summed E-state index contributed by atoms with van der Waals surface area (Å²) in [5, 5.41) is 10.2. The number of thiazole rings is 1. The van der Waals surface area contributed by atoms with Crippen molar-refractivity contribution in [2.75, 3.05) is 20.8 Å². The Kier molecular flexibility index (Phi) is 6.76. The van der Waals surface area contributed by atoms with Gasteiger partial charge in [0, 0.05) is 26.1 Å². The third kappa shape index (κ3) is 4.64. The highest BCUT2D eigenvalue weighted by atomic mass is 32.1. The number of rotatable bonds is 9. The van der Waals surface area contributed by atoms with Crippen LogP contribution in [0.5, 0.6) is 5.75 Å². The molecule has 0 aliphatic rings. The van der Waals surface area contributed by atoms with E-state index in [-0.39, 0.29) is 17.2 Å². The molecule has 0 radical (unpaired) electrons. The molecule has 0 aliphatic heterocycles. The lowest BCUT2D eigenvalue weighted by Crippen LogP contribution is -2.40. The Morgan fingerprint density at radius 1 is 1.20 bits per heavy atom. The molecule has 0 bridgehead atoms. The number of hydrogen-bond donors (Lipinski definition) is 3. The first-order valence-corrected chi connectivity index (χ1v) is 10.1. The van der Waals surface area contributed by atoms with Crippen LogP contribution in [-0.2, 0) is 26.0 Å². The van der Waals surface area contributed by atoms with Gasteiger partial charge in [0.1, 0.15) is 17.9 Å². The molecule has 160 valence electrons. The van der Waals surface area contributed by atoms with E-state index in [1.54, 1.807) is 6.07 Å². The van der Waals surface area contributed by atoms with Gasteiger partial charge in [0.25, 0.3) is 0 Å². The highest BCUT2D eigenvalue weighted by Gasteiger charge is 2.39. The minimum absolute atomic E-state index is 0.0356. The molecule has 3 aromatic rings. The quantitative estimate of drug-likeness (QED) is 0.447. The van der Waals surface area contributed by atoms with Crippen LogP contribution >= 0.6 is 11.3 Å². The summed E-state index contributed by atoms with van der Waals surface area (Å²) in [4.78, 5) is 26.0. The number of H-pyrrole nitrogens is 1. The Balaban J connectivity index is 2.23. The van der Waals surface area contributed by atoms with E-state index in [0.717, 1.165) is 22.5 Å². The van der Waals surface area contributed by atoms with Crippen LogP contribution in [-0.4, -0.2) is 43.3 Å². The summed E-state index contributed by atoms with van der Waals surface area (Å²) in [6.07, 6.45) is -0.745. The summed E-state index contributed by atoms with van der Waals surface area (Å²) in [7, 11) is 3.05. The third-order valence-corrected chi connectivity index (χ3v) is 6.00. The Bertz CT molecular complexity index is 1060. The second kappa shape index (κ2) is 9.29. The average Bonchev–Trinajstić information content (AvgIpc) is 3.13. The van der Waals surface area contributed by atoms with Gasteiger partial charge in [0.15, 0.2) is 6.29 Å². The van der Waals surface area contributed by atoms with Crippen molar-refractivity contribution in [3.63, 3.8) is 0 Å². The molecule has 1 atom stereocenters. The number of phenols is 1. The molecule has 1 unspecified atom stereocenters. The maximum atomic E-state index is 12.1. The fourth-order valence-electron chi connectivity index (χ4n) is 3.68. The number of nitrogens with two attached hydrogens (primary N) is 1. The topological polar surface area (TPSA) is 124 Å². The number of phenolic OH excluding ortho intramolecular Hbond substituents is 1. The second-order valence-electron chi connectivity index (χ2n) is 7.01. The number of carbonyl (C=O) groups is 1. The standard InChI is InChI=1S/C21H24N2O6S/c1-27-16(28-2)11-21(12-29-19(22)25,10-13-6-4-3-5-7-13)14-8-9-15(24)17-18(14)30-20(26)23-17/h3-9,16,24H,10-12H2,1-2H3,(H2,22,25)(H,23,26). The van der Waals surface area contributed by atoms with E-state index in [1.165, 1.54) is 20.3 Å². The predicted octanol–water partition coefficient (Wildman–Crippen LogP) is 2.88. The number of carbonyl (C=O) groups excluding carboxylic acids is 1. The molecule has 1 amide bonds. The van der Waals surface area contributed by atoms with Crippen LogP contribution in [0.3, 0.4) is 0 Å². The number of methoxy groups -OCH3 is 2. The number of nitrogens with one attached hydrogen (secondary N) is 1. The molecule has 0 saturated carbocycles.